The van der Waals surface area contributed by atoms with Crippen LogP contribution in [0.1, 0.15) is 36.9 Å². The molecule has 21 heavy (non-hydrogen) atoms. The Bertz CT molecular complexity index is 528. The van der Waals surface area contributed by atoms with Gasteiger partial charge in [-0.15, -0.1) is 0 Å². The molecule has 112 valence electrons. The molecule has 2 rings (SSSR count). The zero-order valence-corrected chi connectivity index (χ0v) is 12.9. The van der Waals surface area contributed by atoms with Gasteiger partial charge >= 0.3 is 0 Å². The summed E-state index contributed by atoms with van der Waals surface area (Å²) < 4.78 is 5.43. The van der Waals surface area contributed by atoms with Crippen LogP contribution >= 0.6 is 0 Å². The van der Waals surface area contributed by atoms with Crippen LogP contribution in [0.4, 0.5) is 0 Å². The smallest absolute Gasteiger partial charge is 0.141 e. The van der Waals surface area contributed by atoms with Gasteiger partial charge in [-0.2, -0.15) is 0 Å². The number of ether oxygens (including phenoxy) is 1. The molecule has 0 radical (unpaired) electrons. The van der Waals surface area contributed by atoms with Crippen LogP contribution in [0.25, 0.3) is 0 Å². The molecule has 1 unspecified atom stereocenters. The fourth-order valence-corrected chi connectivity index (χ4v) is 2.62. The number of rotatable bonds is 8. The Hall–Kier alpha value is -1.87. The maximum absolute atomic E-state index is 5.43. The van der Waals surface area contributed by atoms with Crippen molar-refractivity contribution in [3.05, 3.63) is 59.9 Å². The van der Waals surface area contributed by atoms with Gasteiger partial charge in [0.1, 0.15) is 5.75 Å². The standard InChI is InChI=1S/C18H24N2O/c1-3-20-17(16-12-13-19-14-18(16)21-2)11-7-10-15-8-5-4-6-9-15/h4-6,8-9,12-14,17,20H,3,7,10-11H2,1-2H3. The molecule has 0 fully saturated rings. The number of benzene rings is 1. The number of pyridine rings is 1. The quantitative estimate of drug-likeness (QED) is 0.801. The summed E-state index contributed by atoms with van der Waals surface area (Å²) in [6.45, 7) is 3.08. The second-order valence-electron chi connectivity index (χ2n) is 5.11. The highest BCUT2D eigenvalue weighted by Crippen LogP contribution is 2.27. The van der Waals surface area contributed by atoms with Gasteiger partial charge in [-0.3, -0.25) is 4.98 Å². The fraction of sp³-hybridized carbons (Fsp3) is 0.389. The highest BCUT2D eigenvalue weighted by Gasteiger charge is 2.14. The van der Waals surface area contributed by atoms with E-state index in [0.29, 0.717) is 6.04 Å². The van der Waals surface area contributed by atoms with E-state index in [1.807, 2.05) is 6.20 Å². The second-order valence-corrected chi connectivity index (χ2v) is 5.11. The summed E-state index contributed by atoms with van der Waals surface area (Å²) >= 11 is 0. The molecule has 3 heteroatoms. The largest absolute Gasteiger partial charge is 0.495 e. The number of nitrogens with zero attached hydrogens (tertiary/aromatic N) is 1. The van der Waals surface area contributed by atoms with Gasteiger partial charge in [0.05, 0.1) is 13.3 Å². The van der Waals surface area contributed by atoms with E-state index in [0.717, 1.165) is 31.6 Å². The van der Waals surface area contributed by atoms with Crippen molar-refractivity contribution in [2.45, 2.75) is 32.2 Å². The summed E-state index contributed by atoms with van der Waals surface area (Å²) in [7, 11) is 1.70. The van der Waals surface area contributed by atoms with Crippen LogP contribution in [0.15, 0.2) is 48.8 Å². The lowest BCUT2D eigenvalue weighted by atomic mass is 9.99. The van der Waals surface area contributed by atoms with Crippen LogP contribution < -0.4 is 10.1 Å². The molecule has 0 saturated heterocycles. The van der Waals surface area contributed by atoms with Crippen molar-refractivity contribution >= 4 is 0 Å². The van der Waals surface area contributed by atoms with Gasteiger partial charge in [0.25, 0.3) is 0 Å². The van der Waals surface area contributed by atoms with Crippen LogP contribution in [0.3, 0.4) is 0 Å². The van der Waals surface area contributed by atoms with E-state index in [4.69, 9.17) is 4.74 Å². The SMILES string of the molecule is CCNC(CCCc1ccccc1)c1ccncc1OC. The van der Waals surface area contributed by atoms with E-state index in [1.54, 1.807) is 13.3 Å². The van der Waals surface area contributed by atoms with E-state index in [1.165, 1.54) is 11.1 Å². The summed E-state index contributed by atoms with van der Waals surface area (Å²) in [4.78, 5) is 4.13. The molecule has 1 atom stereocenters. The molecule has 1 aromatic heterocycles. The molecule has 2 aromatic rings. The Morgan fingerprint density at radius 2 is 2.00 bits per heavy atom. The molecule has 1 aromatic carbocycles. The lowest BCUT2D eigenvalue weighted by Crippen LogP contribution is -2.21. The van der Waals surface area contributed by atoms with Crippen molar-refractivity contribution in [2.24, 2.45) is 0 Å². The van der Waals surface area contributed by atoms with Gasteiger partial charge in [-0.25, -0.2) is 0 Å². The van der Waals surface area contributed by atoms with E-state index in [2.05, 4.69) is 53.6 Å². The van der Waals surface area contributed by atoms with Gasteiger partial charge in [0.2, 0.25) is 0 Å². The van der Waals surface area contributed by atoms with Crippen LogP contribution in [0.5, 0.6) is 5.75 Å². The first-order valence-corrected chi connectivity index (χ1v) is 7.60. The van der Waals surface area contributed by atoms with Crippen LogP contribution in [0, 0.1) is 0 Å². The first-order valence-electron chi connectivity index (χ1n) is 7.60. The minimum atomic E-state index is 0.316. The minimum Gasteiger partial charge on any atom is -0.495 e. The maximum Gasteiger partial charge on any atom is 0.141 e. The Labute approximate surface area is 127 Å². The lowest BCUT2D eigenvalue weighted by molar-refractivity contribution is 0.392. The molecule has 0 aliphatic rings. The Morgan fingerprint density at radius 3 is 2.71 bits per heavy atom. The number of methoxy groups -OCH3 is 1. The molecule has 1 heterocycles. The summed E-state index contributed by atoms with van der Waals surface area (Å²) in [6.07, 6.45) is 6.96. The molecule has 3 nitrogen and oxygen atoms in total. The van der Waals surface area contributed by atoms with E-state index < -0.39 is 0 Å². The van der Waals surface area contributed by atoms with Crippen molar-refractivity contribution < 1.29 is 4.74 Å². The average Bonchev–Trinajstić information content (AvgIpc) is 2.55. The number of nitrogens with one attached hydrogen (secondary N) is 1. The average molecular weight is 284 g/mol. The summed E-state index contributed by atoms with van der Waals surface area (Å²) in [5.74, 6) is 0.864. The maximum atomic E-state index is 5.43. The zero-order chi connectivity index (χ0) is 14.9. The first kappa shape index (κ1) is 15.5. The monoisotopic (exact) mass is 284 g/mol. The number of hydrogen-bond acceptors (Lipinski definition) is 3. The summed E-state index contributed by atoms with van der Waals surface area (Å²) in [5, 5.41) is 3.55. The molecule has 0 saturated carbocycles. The van der Waals surface area contributed by atoms with Gasteiger partial charge in [-0.05, 0) is 37.4 Å². The van der Waals surface area contributed by atoms with Gasteiger partial charge < -0.3 is 10.1 Å². The van der Waals surface area contributed by atoms with Crippen LogP contribution in [-0.4, -0.2) is 18.6 Å². The van der Waals surface area contributed by atoms with E-state index >= 15 is 0 Å². The topological polar surface area (TPSA) is 34.2 Å². The third-order valence-corrected chi connectivity index (χ3v) is 3.66. The van der Waals surface area contributed by atoms with Crippen molar-refractivity contribution in [1.29, 1.82) is 0 Å². The molecule has 0 aliphatic carbocycles. The lowest BCUT2D eigenvalue weighted by Gasteiger charge is -2.20. The summed E-state index contributed by atoms with van der Waals surface area (Å²) in [5.41, 5.74) is 2.59. The zero-order valence-electron chi connectivity index (χ0n) is 12.9. The van der Waals surface area contributed by atoms with E-state index in [-0.39, 0.29) is 0 Å². The fourth-order valence-electron chi connectivity index (χ4n) is 2.62. The molecular weight excluding hydrogens is 260 g/mol. The van der Waals surface area contributed by atoms with Crippen molar-refractivity contribution in [3.8, 4) is 5.75 Å². The molecule has 0 aliphatic heterocycles. The van der Waals surface area contributed by atoms with Crippen molar-refractivity contribution in [1.82, 2.24) is 10.3 Å². The Morgan fingerprint density at radius 1 is 1.19 bits per heavy atom. The predicted molar refractivity (Wildman–Crippen MR) is 86.6 cm³/mol. The molecule has 1 N–H and O–H groups in total. The van der Waals surface area contributed by atoms with Gasteiger partial charge in [0.15, 0.2) is 0 Å². The number of aryl methyl sites for hydroxylation is 1. The van der Waals surface area contributed by atoms with Gasteiger partial charge in [0, 0.05) is 17.8 Å². The highest BCUT2D eigenvalue weighted by molar-refractivity contribution is 5.32. The van der Waals surface area contributed by atoms with Crippen molar-refractivity contribution in [2.75, 3.05) is 13.7 Å². The molecule has 0 bridgehead atoms. The van der Waals surface area contributed by atoms with Gasteiger partial charge in [-0.1, -0.05) is 37.3 Å². The second kappa shape index (κ2) is 8.42. The minimum absolute atomic E-state index is 0.316. The third-order valence-electron chi connectivity index (χ3n) is 3.66. The number of hydrogen-bond donors (Lipinski definition) is 1. The normalized spacial score (nSPS) is 12.1. The Balaban J connectivity index is 1.99. The Kier molecular flexibility index (Phi) is 6.22. The first-order chi connectivity index (χ1) is 10.3. The molecule has 0 spiro atoms. The highest BCUT2D eigenvalue weighted by atomic mass is 16.5. The van der Waals surface area contributed by atoms with Crippen LogP contribution in [-0.2, 0) is 6.42 Å². The third kappa shape index (κ3) is 4.57. The van der Waals surface area contributed by atoms with E-state index in [9.17, 15) is 0 Å². The summed E-state index contributed by atoms with van der Waals surface area (Å²) in [6, 6.07) is 13.0. The van der Waals surface area contributed by atoms with Crippen LogP contribution in [0.2, 0.25) is 0 Å². The van der Waals surface area contributed by atoms with Crippen molar-refractivity contribution in [3.63, 3.8) is 0 Å². The predicted octanol–water partition coefficient (Wildman–Crippen LogP) is 3.76. The molecule has 0 amide bonds. The molecular formula is C18H24N2O. The number of aromatic nitrogens is 1.